The number of anilines is 1. The number of nitrogens with zero attached hydrogens (tertiary/aromatic N) is 6. The van der Waals surface area contributed by atoms with Gasteiger partial charge in [0.05, 0.1) is 30.4 Å². The van der Waals surface area contributed by atoms with Gasteiger partial charge in [0.2, 0.25) is 11.8 Å². The number of aryl methyl sites for hydroxylation is 3. The molecule has 2 aromatic heterocycles. The van der Waals surface area contributed by atoms with E-state index < -0.39 is 6.09 Å². The number of rotatable bonds is 7. The number of carbonyl (C=O) groups excluding carboxylic acids is 3. The normalized spacial score (nSPS) is 14.8. The predicted octanol–water partition coefficient (Wildman–Crippen LogP) is 1.89. The van der Waals surface area contributed by atoms with Crippen molar-refractivity contribution in [2.24, 2.45) is 0 Å². The summed E-state index contributed by atoms with van der Waals surface area (Å²) in [5.41, 5.74) is 3.04. The van der Waals surface area contributed by atoms with Crippen molar-refractivity contribution in [1.82, 2.24) is 23.9 Å². The molecule has 0 bridgehead atoms. The first-order valence-electron chi connectivity index (χ1n) is 12.6. The van der Waals surface area contributed by atoms with Crippen LogP contribution in [0.3, 0.4) is 0 Å². The van der Waals surface area contributed by atoms with Gasteiger partial charge in [0.15, 0.2) is 0 Å². The number of likely N-dealkylation sites (N-methyl/N-ethyl adjacent to an activating group) is 2. The monoisotopic (exact) mass is 522 g/mol. The minimum atomic E-state index is -0.428. The lowest BCUT2D eigenvalue weighted by atomic mass is 9.96. The molecule has 0 radical (unpaired) electrons. The van der Waals surface area contributed by atoms with Crippen molar-refractivity contribution < 1.29 is 19.1 Å². The molecule has 0 unspecified atom stereocenters. The fraction of sp³-hybridized carbons (Fsp3) is 0.444. The largest absolute Gasteiger partial charge is 0.452 e. The summed E-state index contributed by atoms with van der Waals surface area (Å²) in [6.07, 6.45) is 3.18. The summed E-state index contributed by atoms with van der Waals surface area (Å²) in [4.78, 5) is 59.6. The molecule has 0 spiro atoms. The lowest BCUT2D eigenvalue weighted by Gasteiger charge is -2.34. The highest BCUT2D eigenvalue weighted by molar-refractivity contribution is 5.96. The molecule has 11 heteroatoms. The van der Waals surface area contributed by atoms with Gasteiger partial charge in [-0.1, -0.05) is 6.07 Å². The van der Waals surface area contributed by atoms with Crippen LogP contribution >= 0.6 is 0 Å². The van der Waals surface area contributed by atoms with Crippen LogP contribution in [0.4, 0.5) is 10.5 Å². The number of imidazole rings is 1. The summed E-state index contributed by atoms with van der Waals surface area (Å²) >= 11 is 0. The van der Waals surface area contributed by atoms with Gasteiger partial charge in [-0.2, -0.15) is 0 Å². The van der Waals surface area contributed by atoms with Gasteiger partial charge < -0.3 is 23.7 Å². The van der Waals surface area contributed by atoms with E-state index in [-0.39, 0.29) is 36.5 Å². The van der Waals surface area contributed by atoms with E-state index in [2.05, 4.69) is 0 Å². The van der Waals surface area contributed by atoms with E-state index in [1.807, 2.05) is 23.6 Å². The lowest BCUT2D eigenvalue weighted by molar-refractivity contribution is -0.138. The van der Waals surface area contributed by atoms with E-state index in [0.29, 0.717) is 18.8 Å². The number of amides is 3. The average Bonchev–Trinajstić information content (AvgIpc) is 3.24. The first-order chi connectivity index (χ1) is 18.1. The zero-order chi connectivity index (χ0) is 27.6. The molecule has 3 aromatic rings. The Morgan fingerprint density at radius 3 is 2.55 bits per heavy atom. The highest BCUT2D eigenvalue weighted by Gasteiger charge is 2.31. The van der Waals surface area contributed by atoms with Crippen molar-refractivity contribution in [2.75, 3.05) is 39.7 Å². The predicted molar refractivity (Wildman–Crippen MR) is 143 cm³/mol. The Balaban J connectivity index is 1.75. The standard InChI is InChI=1S/C27H34N6O5/c1-18-9-10-19-20(33(18)27(37)38-5)11-12-21-26(19)28-22(13-15-31-14-7-6-8-23(31)34)32(21)17-25(36)30(4)16-24(35)29(2)3/h6-8,11-12,14,18H,9-10,13,15-17H2,1-5H3/t18-/m0/s1. The van der Waals surface area contributed by atoms with E-state index in [4.69, 9.17) is 9.72 Å². The molecule has 1 aliphatic rings. The zero-order valence-corrected chi connectivity index (χ0v) is 22.5. The Morgan fingerprint density at radius 2 is 1.87 bits per heavy atom. The number of methoxy groups -OCH3 is 1. The molecular formula is C27H34N6O5. The second-order valence-electron chi connectivity index (χ2n) is 9.79. The first-order valence-corrected chi connectivity index (χ1v) is 12.6. The molecular weight excluding hydrogens is 488 g/mol. The summed E-state index contributed by atoms with van der Waals surface area (Å²) in [7, 11) is 6.26. The topological polar surface area (TPSA) is 110 Å². The summed E-state index contributed by atoms with van der Waals surface area (Å²) < 4.78 is 8.48. The molecule has 11 nitrogen and oxygen atoms in total. The van der Waals surface area contributed by atoms with Crippen LogP contribution < -0.4 is 10.5 Å². The van der Waals surface area contributed by atoms with Crippen LogP contribution in [-0.4, -0.2) is 82.7 Å². The number of aromatic nitrogens is 3. The Kier molecular flexibility index (Phi) is 7.84. The van der Waals surface area contributed by atoms with Crippen molar-refractivity contribution in [3.05, 3.63) is 58.3 Å². The maximum absolute atomic E-state index is 13.2. The van der Waals surface area contributed by atoms with Crippen molar-refractivity contribution in [3.63, 3.8) is 0 Å². The van der Waals surface area contributed by atoms with Crippen LogP contribution in [0.2, 0.25) is 0 Å². The summed E-state index contributed by atoms with van der Waals surface area (Å²) in [6, 6.07) is 8.70. The molecule has 1 aliphatic heterocycles. The number of fused-ring (bicyclic) bond motifs is 3. The van der Waals surface area contributed by atoms with Gasteiger partial charge in [0.25, 0.3) is 5.56 Å². The molecule has 38 heavy (non-hydrogen) atoms. The lowest BCUT2D eigenvalue weighted by Crippen LogP contribution is -2.42. The number of carbonyl (C=O) groups is 3. The van der Waals surface area contributed by atoms with Crippen LogP contribution in [-0.2, 0) is 40.3 Å². The van der Waals surface area contributed by atoms with Crippen LogP contribution in [0.1, 0.15) is 24.7 Å². The van der Waals surface area contributed by atoms with Gasteiger partial charge in [0.1, 0.15) is 12.4 Å². The van der Waals surface area contributed by atoms with Crippen LogP contribution in [0.25, 0.3) is 11.0 Å². The minimum absolute atomic E-state index is 0.0113. The number of pyridine rings is 1. The third-order valence-corrected chi connectivity index (χ3v) is 7.03. The maximum Gasteiger partial charge on any atom is 0.414 e. The molecule has 0 aliphatic carbocycles. The van der Waals surface area contributed by atoms with Gasteiger partial charge in [-0.25, -0.2) is 9.78 Å². The molecule has 1 atom stereocenters. The number of hydrogen-bond donors (Lipinski definition) is 0. The summed E-state index contributed by atoms with van der Waals surface area (Å²) in [5, 5.41) is 0. The van der Waals surface area contributed by atoms with Gasteiger partial charge in [-0.05, 0) is 38.0 Å². The van der Waals surface area contributed by atoms with Crippen molar-refractivity contribution in [1.29, 1.82) is 0 Å². The van der Waals surface area contributed by atoms with Crippen molar-refractivity contribution in [3.8, 4) is 0 Å². The van der Waals surface area contributed by atoms with E-state index >= 15 is 0 Å². The fourth-order valence-corrected chi connectivity index (χ4v) is 4.77. The number of benzene rings is 1. The molecule has 202 valence electrons. The van der Waals surface area contributed by atoms with E-state index in [1.54, 1.807) is 48.9 Å². The summed E-state index contributed by atoms with van der Waals surface area (Å²) in [6.45, 7) is 2.33. The van der Waals surface area contributed by atoms with Gasteiger partial charge in [0, 0.05) is 58.0 Å². The van der Waals surface area contributed by atoms with Crippen molar-refractivity contribution in [2.45, 2.75) is 45.3 Å². The fourth-order valence-electron chi connectivity index (χ4n) is 4.77. The zero-order valence-electron chi connectivity index (χ0n) is 22.5. The van der Waals surface area contributed by atoms with Crippen LogP contribution in [0, 0.1) is 0 Å². The average molecular weight is 523 g/mol. The van der Waals surface area contributed by atoms with Crippen LogP contribution in [0.15, 0.2) is 41.3 Å². The second-order valence-corrected chi connectivity index (χ2v) is 9.79. The third kappa shape index (κ3) is 5.27. The molecule has 0 saturated heterocycles. The quantitative estimate of drug-likeness (QED) is 0.469. The van der Waals surface area contributed by atoms with E-state index in [0.717, 1.165) is 35.1 Å². The molecule has 1 aromatic carbocycles. The number of ether oxygens (including phenoxy) is 1. The molecule has 3 heterocycles. The second kappa shape index (κ2) is 11.1. The molecule has 0 fully saturated rings. The molecule has 0 N–H and O–H groups in total. The smallest absolute Gasteiger partial charge is 0.414 e. The number of hydrogen-bond acceptors (Lipinski definition) is 6. The SMILES string of the molecule is COC(=O)N1c2ccc3c(nc(CCn4ccccc4=O)n3CC(=O)N(C)CC(=O)N(C)C)c2CC[C@@H]1C. The molecule has 4 rings (SSSR count). The van der Waals surface area contributed by atoms with E-state index in [1.165, 1.54) is 23.0 Å². The highest BCUT2D eigenvalue weighted by atomic mass is 16.5. The minimum Gasteiger partial charge on any atom is -0.452 e. The Bertz CT molecular complexity index is 1430. The van der Waals surface area contributed by atoms with Crippen LogP contribution in [0.5, 0.6) is 0 Å². The highest BCUT2D eigenvalue weighted by Crippen LogP contribution is 2.36. The van der Waals surface area contributed by atoms with Gasteiger partial charge in [-0.3, -0.25) is 19.3 Å². The Hall–Kier alpha value is -4.15. The first kappa shape index (κ1) is 26.9. The molecule has 3 amide bonds. The van der Waals surface area contributed by atoms with Gasteiger partial charge in [-0.15, -0.1) is 0 Å². The van der Waals surface area contributed by atoms with Gasteiger partial charge >= 0.3 is 6.09 Å². The Labute approximate surface area is 221 Å². The Morgan fingerprint density at radius 1 is 1.11 bits per heavy atom. The third-order valence-electron chi connectivity index (χ3n) is 7.03. The summed E-state index contributed by atoms with van der Waals surface area (Å²) in [5.74, 6) is 0.236. The maximum atomic E-state index is 13.2. The van der Waals surface area contributed by atoms with Crippen molar-refractivity contribution >= 4 is 34.6 Å². The van der Waals surface area contributed by atoms with E-state index in [9.17, 15) is 19.2 Å². The molecule has 0 saturated carbocycles.